The van der Waals surface area contributed by atoms with Crippen molar-refractivity contribution in [2.45, 2.75) is 26.7 Å². The maximum Gasteiger partial charge on any atom is 0.271 e. The first-order chi connectivity index (χ1) is 12.6. The lowest BCUT2D eigenvalue weighted by molar-refractivity contribution is 0.102. The van der Waals surface area contributed by atoms with Crippen LogP contribution >= 0.6 is 11.3 Å². The maximum atomic E-state index is 12.9. The number of carbonyl (C=O) groups excluding carboxylic acids is 1. The smallest absolute Gasteiger partial charge is 0.271 e. The van der Waals surface area contributed by atoms with Crippen molar-refractivity contribution in [3.8, 4) is 0 Å². The number of H-pyrrole nitrogens is 1. The van der Waals surface area contributed by atoms with Crippen LogP contribution in [-0.4, -0.2) is 35.9 Å². The van der Waals surface area contributed by atoms with Gasteiger partial charge in [0.2, 0.25) is 5.95 Å². The first kappa shape index (κ1) is 16.3. The Hall–Kier alpha value is -3.14. The van der Waals surface area contributed by atoms with E-state index in [2.05, 4.69) is 43.9 Å². The van der Waals surface area contributed by atoms with Crippen LogP contribution in [0.25, 0.3) is 15.2 Å². The summed E-state index contributed by atoms with van der Waals surface area (Å²) in [5.41, 5.74) is 2.64. The van der Waals surface area contributed by atoms with Crippen LogP contribution in [0.3, 0.4) is 0 Å². The van der Waals surface area contributed by atoms with Crippen LogP contribution in [0.1, 0.15) is 34.8 Å². The third kappa shape index (κ3) is 2.64. The Labute approximate surface area is 151 Å². The molecule has 3 heterocycles. The molecule has 1 amide bonds. The Balaban J connectivity index is 1.86. The fourth-order valence-electron chi connectivity index (χ4n) is 2.88. The SMILES string of the molecule is CCCc1cc2sc3ncc(C(=O)Nc4nnn[nH]4)c(=O)n3c2cc1C. The number of amides is 1. The van der Waals surface area contributed by atoms with Crippen LogP contribution in [0.4, 0.5) is 5.95 Å². The van der Waals surface area contributed by atoms with E-state index in [0.717, 1.165) is 28.6 Å². The van der Waals surface area contributed by atoms with E-state index >= 15 is 0 Å². The van der Waals surface area contributed by atoms with Crippen LogP contribution in [-0.2, 0) is 6.42 Å². The summed E-state index contributed by atoms with van der Waals surface area (Å²) in [6.45, 7) is 4.16. The lowest BCUT2D eigenvalue weighted by atomic mass is 10.0. The Kier molecular flexibility index (Phi) is 3.96. The minimum atomic E-state index is -0.617. The van der Waals surface area contributed by atoms with Gasteiger partial charge in [-0.2, -0.15) is 0 Å². The van der Waals surface area contributed by atoms with Crippen molar-refractivity contribution in [2.24, 2.45) is 0 Å². The molecule has 0 radical (unpaired) electrons. The lowest BCUT2D eigenvalue weighted by Gasteiger charge is -2.05. The van der Waals surface area contributed by atoms with Crippen molar-refractivity contribution < 1.29 is 4.79 Å². The molecular weight excluding hydrogens is 354 g/mol. The molecule has 9 nitrogen and oxygen atoms in total. The number of tetrazole rings is 1. The topological polar surface area (TPSA) is 118 Å². The van der Waals surface area contributed by atoms with E-state index in [1.165, 1.54) is 27.5 Å². The molecule has 2 N–H and O–H groups in total. The number of aromatic nitrogens is 6. The molecule has 0 aliphatic heterocycles. The molecule has 0 spiro atoms. The molecule has 0 saturated carbocycles. The highest BCUT2D eigenvalue weighted by Gasteiger charge is 2.18. The molecule has 0 bridgehead atoms. The Morgan fingerprint density at radius 1 is 1.38 bits per heavy atom. The number of benzene rings is 1. The molecule has 4 rings (SSSR count). The third-order valence-electron chi connectivity index (χ3n) is 4.13. The summed E-state index contributed by atoms with van der Waals surface area (Å²) in [7, 11) is 0. The second kappa shape index (κ2) is 6.30. The van der Waals surface area contributed by atoms with Crippen LogP contribution in [0.15, 0.2) is 23.1 Å². The van der Waals surface area contributed by atoms with E-state index in [1.807, 2.05) is 13.0 Å². The monoisotopic (exact) mass is 369 g/mol. The Morgan fingerprint density at radius 3 is 2.96 bits per heavy atom. The van der Waals surface area contributed by atoms with Gasteiger partial charge in [0, 0.05) is 6.20 Å². The summed E-state index contributed by atoms with van der Waals surface area (Å²) < 4.78 is 2.46. The fourth-order valence-corrected chi connectivity index (χ4v) is 3.91. The summed E-state index contributed by atoms with van der Waals surface area (Å²) in [6, 6.07) is 4.09. The van der Waals surface area contributed by atoms with E-state index in [1.54, 1.807) is 0 Å². The van der Waals surface area contributed by atoms with Crippen molar-refractivity contribution in [1.29, 1.82) is 0 Å². The largest absolute Gasteiger partial charge is 0.289 e. The lowest BCUT2D eigenvalue weighted by Crippen LogP contribution is -2.26. The Morgan fingerprint density at radius 2 is 2.23 bits per heavy atom. The van der Waals surface area contributed by atoms with E-state index < -0.39 is 11.5 Å². The number of nitrogens with one attached hydrogen (secondary N) is 2. The highest BCUT2D eigenvalue weighted by molar-refractivity contribution is 7.23. The average molecular weight is 369 g/mol. The number of aryl methyl sites for hydroxylation is 2. The highest BCUT2D eigenvalue weighted by atomic mass is 32.1. The molecule has 4 aromatic rings. The number of rotatable bonds is 4. The molecule has 0 saturated heterocycles. The van der Waals surface area contributed by atoms with Crippen molar-refractivity contribution in [3.63, 3.8) is 0 Å². The molecule has 0 fully saturated rings. The van der Waals surface area contributed by atoms with Gasteiger partial charge in [-0.15, -0.1) is 0 Å². The van der Waals surface area contributed by atoms with Crippen LogP contribution in [0, 0.1) is 6.92 Å². The molecule has 1 aromatic carbocycles. The summed E-state index contributed by atoms with van der Waals surface area (Å²) in [5.74, 6) is -0.552. The summed E-state index contributed by atoms with van der Waals surface area (Å²) in [5, 5.41) is 15.2. The molecule has 132 valence electrons. The maximum absolute atomic E-state index is 12.9. The van der Waals surface area contributed by atoms with E-state index in [9.17, 15) is 9.59 Å². The van der Waals surface area contributed by atoms with Gasteiger partial charge in [-0.25, -0.2) is 10.1 Å². The minimum absolute atomic E-state index is 0.0646. The van der Waals surface area contributed by atoms with Gasteiger partial charge in [-0.3, -0.25) is 19.3 Å². The molecule has 10 heteroatoms. The molecule has 0 aliphatic carbocycles. The number of aromatic amines is 1. The predicted molar refractivity (Wildman–Crippen MR) is 97.7 cm³/mol. The zero-order valence-corrected chi connectivity index (χ0v) is 14.9. The molecule has 3 aromatic heterocycles. The normalized spacial score (nSPS) is 11.3. The molecule has 0 aliphatic rings. The average Bonchev–Trinajstić information content (AvgIpc) is 3.23. The van der Waals surface area contributed by atoms with Crippen molar-refractivity contribution in [1.82, 2.24) is 30.0 Å². The van der Waals surface area contributed by atoms with Gasteiger partial charge in [-0.05, 0) is 47.0 Å². The number of carbonyl (C=O) groups is 1. The van der Waals surface area contributed by atoms with Gasteiger partial charge in [0.25, 0.3) is 11.5 Å². The quantitative estimate of drug-likeness (QED) is 0.567. The summed E-state index contributed by atoms with van der Waals surface area (Å²) >= 11 is 1.43. The molecule has 0 atom stereocenters. The molecular formula is C16H15N7O2S. The highest BCUT2D eigenvalue weighted by Crippen LogP contribution is 2.27. The second-order valence-corrected chi connectivity index (χ2v) is 6.91. The van der Waals surface area contributed by atoms with Gasteiger partial charge >= 0.3 is 0 Å². The van der Waals surface area contributed by atoms with Crippen molar-refractivity contribution in [2.75, 3.05) is 5.32 Å². The van der Waals surface area contributed by atoms with Gasteiger partial charge in [0.15, 0.2) is 4.96 Å². The van der Waals surface area contributed by atoms with Crippen LogP contribution in [0.2, 0.25) is 0 Å². The molecule has 26 heavy (non-hydrogen) atoms. The van der Waals surface area contributed by atoms with Crippen molar-refractivity contribution >= 4 is 38.4 Å². The van der Waals surface area contributed by atoms with Crippen LogP contribution in [0.5, 0.6) is 0 Å². The number of hydrogen-bond donors (Lipinski definition) is 2. The van der Waals surface area contributed by atoms with E-state index in [-0.39, 0.29) is 11.5 Å². The summed E-state index contributed by atoms with van der Waals surface area (Å²) in [4.78, 5) is 30.1. The second-order valence-electron chi connectivity index (χ2n) is 5.90. The number of anilines is 1. The number of nitrogens with zero attached hydrogens (tertiary/aromatic N) is 5. The van der Waals surface area contributed by atoms with Crippen molar-refractivity contribution in [3.05, 3.63) is 45.4 Å². The summed E-state index contributed by atoms with van der Waals surface area (Å²) in [6.07, 6.45) is 3.32. The third-order valence-corrected chi connectivity index (χ3v) is 5.15. The van der Waals surface area contributed by atoms with Gasteiger partial charge < -0.3 is 0 Å². The first-order valence-electron chi connectivity index (χ1n) is 8.07. The predicted octanol–water partition coefficient (Wildman–Crippen LogP) is 1.94. The fraction of sp³-hybridized carbons (Fsp3) is 0.250. The first-order valence-corrected chi connectivity index (χ1v) is 8.89. The Bertz CT molecular complexity index is 1180. The zero-order valence-electron chi connectivity index (χ0n) is 14.1. The zero-order chi connectivity index (χ0) is 18.3. The number of thiazole rings is 1. The standard InChI is InChI=1S/C16H15N7O2S/c1-3-4-9-6-12-11(5-8(9)2)23-14(25)10(7-17-16(23)26-12)13(24)18-15-19-21-22-20-15/h5-7H,3-4H2,1-2H3,(H2,18,19,20,21,22,24). The molecule has 0 unspecified atom stereocenters. The van der Waals surface area contributed by atoms with Gasteiger partial charge in [0.1, 0.15) is 5.56 Å². The van der Waals surface area contributed by atoms with E-state index in [0.29, 0.717) is 4.96 Å². The van der Waals surface area contributed by atoms with Gasteiger partial charge in [0.05, 0.1) is 10.2 Å². The minimum Gasteiger partial charge on any atom is -0.289 e. The van der Waals surface area contributed by atoms with E-state index in [4.69, 9.17) is 0 Å². The number of hydrogen-bond acceptors (Lipinski definition) is 7. The van der Waals surface area contributed by atoms with Crippen LogP contribution < -0.4 is 10.9 Å². The number of fused-ring (bicyclic) bond motifs is 3. The van der Waals surface area contributed by atoms with Gasteiger partial charge in [-0.1, -0.05) is 29.8 Å².